The lowest BCUT2D eigenvalue weighted by Gasteiger charge is -2.09. The van der Waals surface area contributed by atoms with Crippen molar-refractivity contribution >= 4 is 5.91 Å². The van der Waals surface area contributed by atoms with Gasteiger partial charge in [-0.2, -0.15) is 0 Å². The van der Waals surface area contributed by atoms with Crippen LogP contribution in [0.3, 0.4) is 0 Å². The Morgan fingerprint density at radius 1 is 1.67 bits per heavy atom. The van der Waals surface area contributed by atoms with Crippen molar-refractivity contribution in [1.29, 1.82) is 0 Å². The fraction of sp³-hybridized carbons (Fsp3) is 0.667. The highest BCUT2D eigenvalue weighted by Crippen LogP contribution is 2.04. The molecule has 1 N–H and O–H groups in total. The summed E-state index contributed by atoms with van der Waals surface area (Å²) in [5.41, 5.74) is 0.766. The van der Waals surface area contributed by atoms with Gasteiger partial charge in [-0.1, -0.05) is 6.08 Å². The lowest BCUT2D eigenvalue weighted by atomic mass is 10.2. The quantitative estimate of drug-likeness (QED) is 0.622. The van der Waals surface area contributed by atoms with Gasteiger partial charge in [0.1, 0.15) is 0 Å². The highest BCUT2D eigenvalue weighted by molar-refractivity contribution is 5.92. The molecule has 1 unspecified atom stereocenters. The van der Waals surface area contributed by atoms with E-state index in [1.54, 1.807) is 0 Å². The maximum atomic E-state index is 11.3. The number of amides is 1. The SMILES string of the molecule is CC=C(C)C(=O)NC1CCOC1. The second-order valence-electron chi connectivity index (χ2n) is 3.01. The van der Waals surface area contributed by atoms with Crippen LogP contribution in [0, 0.1) is 0 Å². The van der Waals surface area contributed by atoms with Crippen molar-refractivity contribution in [3.8, 4) is 0 Å². The molecule has 0 aromatic heterocycles. The van der Waals surface area contributed by atoms with Gasteiger partial charge in [-0.25, -0.2) is 0 Å². The van der Waals surface area contributed by atoms with Crippen molar-refractivity contribution < 1.29 is 9.53 Å². The number of ether oxygens (including phenoxy) is 1. The molecule has 0 aliphatic carbocycles. The molecule has 12 heavy (non-hydrogen) atoms. The largest absolute Gasteiger partial charge is 0.379 e. The van der Waals surface area contributed by atoms with Crippen LogP contribution < -0.4 is 5.32 Å². The lowest BCUT2D eigenvalue weighted by Crippen LogP contribution is -2.35. The first-order valence-corrected chi connectivity index (χ1v) is 4.25. The Kier molecular flexibility index (Phi) is 3.29. The van der Waals surface area contributed by atoms with Crippen LogP contribution in [0.1, 0.15) is 20.3 Å². The summed E-state index contributed by atoms with van der Waals surface area (Å²) in [6.45, 7) is 5.09. The summed E-state index contributed by atoms with van der Waals surface area (Å²) in [4.78, 5) is 11.3. The second-order valence-corrected chi connectivity index (χ2v) is 3.01. The van der Waals surface area contributed by atoms with Crippen molar-refractivity contribution in [3.05, 3.63) is 11.6 Å². The molecule has 3 nitrogen and oxygen atoms in total. The molecule has 1 heterocycles. The molecule has 1 saturated heterocycles. The minimum absolute atomic E-state index is 0.0213. The van der Waals surface area contributed by atoms with Crippen molar-refractivity contribution in [2.75, 3.05) is 13.2 Å². The van der Waals surface area contributed by atoms with Gasteiger partial charge in [0, 0.05) is 12.2 Å². The molecule has 68 valence electrons. The van der Waals surface area contributed by atoms with Crippen LogP contribution in [0.4, 0.5) is 0 Å². The lowest BCUT2D eigenvalue weighted by molar-refractivity contribution is -0.118. The topological polar surface area (TPSA) is 38.3 Å². The van der Waals surface area contributed by atoms with E-state index in [2.05, 4.69) is 5.32 Å². The van der Waals surface area contributed by atoms with E-state index < -0.39 is 0 Å². The van der Waals surface area contributed by atoms with Gasteiger partial charge < -0.3 is 10.1 Å². The van der Waals surface area contributed by atoms with Gasteiger partial charge in [0.2, 0.25) is 5.91 Å². The highest BCUT2D eigenvalue weighted by Gasteiger charge is 2.17. The van der Waals surface area contributed by atoms with E-state index in [4.69, 9.17) is 4.74 Å². The Morgan fingerprint density at radius 3 is 2.92 bits per heavy atom. The second kappa shape index (κ2) is 4.26. The van der Waals surface area contributed by atoms with E-state index in [-0.39, 0.29) is 11.9 Å². The smallest absolute Gasteiger partial charge is 0.246 e. The molecule has 0 aromatic carbocycles. The molecule has 1 fully saturated rings. The molecule has 0 spiro atoms. The summed E-state index contributed by atoms with van der Waals surface area (Å²) in [6.07, 6.45) is 2.74. The molecular weight excluding hydrogens is 154 g/mol. The third kappa shape index (κ3) is 2.34. The van der Waals surface area contributed by atoms with Crippen molar-refractivity contribution in [2.24, 2.45) is 0 Å². The van der Waals surface area contributed by atoms with E-state index >= 15 is 0 Å². The predicted octanol–water partition coefficient (Wildman–Crippen LogP) is 0.858. The van der Waals surface area contributed by atoms with Gasteiger partial charge in [-0.05, 0) is 20.3 Å². The van der Waals surface area contributed by atoms with Crippen molar-refractivity contribution in [2.45, 2.75) is 26.3 Å². The molecule has 0 bridgehead atoms. The average molecular weight is 169 g/mol. The first-order chi connectivity index (χ1) is 5.74. The number of nitrogens with one attached hydrogen (secondary N) is 1. The molecule has 1 aliphatic rings. The minimum atomic E-state index is 0.0213. The molecule has 1 amide bonds. The molecule has 1 rings (SSSR count). The number of carbonyl (C=O) groups is 1. The normalized spacial score (nSPS) is 24.2. The summed E-state index contributed by atoms with van der Waals surface area (Å²) in [5.74, 6) is 0.0213. The summed E-state index contributed by atoms with van der Waals surface area (Å²) in [6, 6.07) is 0.215. The highest BCUT2D eigenvalue weighted by atomic mass is 16.5. The van der Waals surface area contributed by atoms with Gasteiger partial charge >= 0.3 is 0 Å². The number of hydrogen-bond acceptors (Lipinski definition) is 2. The molecule has 3 heteroatoms. The van der Waals surface area contributed by atoms with Gasteiger partial charge in [-0.15, -0.1) is 0 Å². The number of rotatable bonds is 2. The van der Waals surface area contributed by atoms with E-state index in [0.29, 0.717) is 6.61 Å². The Balaban J connectivity index is 2.35. The van der Waals surface area contributed by atoms with Crippen LogP contribution in [0.2, 0.25) is 0 Å². The van der Waals surface area contributed by atoms with Crippen LogP contribution >= 0.6 is 0 Å². The average Bonchev–Trinajstić information content (AvgIpc) is 2.55. The Labute approximate surface area is 72.8 Å². The number of allylic oxidation sites excluding steroid dienone is 1. The van der Waals surface area contributed by atoms with Crippen molar-refractivity contribution in [1.82, 2.24) is 5.32 Å². The van der Waals surface area contributed by atoms with E-state index in [1.165, 1.54) is 0 Å². The number of hydrogen-bond donors (Lipinski definition) is 1. The molecule has 0 aromatic rings. The van der Waals surface area contributed by atoms with E-state index in [9.17, 15) is 4.79 Å². The zero-order chi connectivity index (χ0) is 8.97. The van der Waals surface area contributed by atoms with Crippen LogP contribution in [-0.4, -0.2) is 25.2 Å². The molecule has 0 radical (unpaired) electrons. The van der Waals surface area contributed by atoms with Gasteiger partial charge in [0.15, 0.2) is 0 Å². The van der Waals surface area contributed by atoms with Crippen LogP contribution in [-0.2, 0) is 9.53 Å². The minimum Gasteiger partial charge on any atom is -0.379 e. The van der Waals surface area contributed by atoms with Gasteiger partial charge in [-0.3, -0.25) is 4.79 Å². The standard InChI is InChI=1S/C9H15NO2/c1-3-7(2)9(11)10-8-4-5-12-6-8/h3,8H,4-6H2,1-2H3,(H,10,11). The van der Waals surface area contributed by atoms with Crippen molar-refractivity contribution in [3.63, 3.8) is 0 Å². The predicted molar refractivity (Wildman–Crippen MR) is 46.8 cm³/mol. The fourth-order valence-electron chi connectivity index (χ4n) is 1.08. The van der Waals surface area contributed by atoms with Crippen LogP contribution in [0.25, 0.3) is 0 Å². The maximum Gasteiger partial charge on any atom is 0.246 e. The zero-order valence-corrected chi connectivity index (χ0v) is 7.59. The van der Waals surface area contributed by atoms with Crippen LogP contribution in [0.15, 0.2) is 11.6 Å². The molecular formula is C9H15NO2. The Bertz CT molecular complexity index is 193. The Hall–Kier alpha value is -0.830. The monoisotopic (exact) mass is 169 g/mol. The van der Waals surface area contributed by atoms with Crippen LogP contribution in [0.5, 0.6) is 0 Å². The zero-order valence-electron chi connectivity index (χ0n) is 7.59. The summed E-state index contributed by atoms with van der Waals surface area (Å²) in [7, 11) is 0. The molecule has 1 atom stereocenters. The van der Waals surface area contributed by atoms with E-state index in [1.807, 2.05) is 19.9 Å². The molecule has 1 aliphatic heterocycles. The summed E-state index contributed by atoms with van der Waals surface area (Å²) >= 11 is 0. The Morgan fingerprint density at radius 2 is 2.42 bits per heavy atom. The third-order valence-corrected chi connectivity index (χ3v) is 2.06. The molecule has 0 saturated carbocycles. The summed E-state index contributed by atoms with van der Waals surface area (Å²) in [5, 5.41) is 2.90. The van der Waals surface area contributed by atoms with E-state index in [0.717, 1.165) is 18.6 Å². The maximum absolute atomic E-state index is 11.3. The number of carbonyl (C=O) groups excluding carboxylic acids is 1. The summed E-state index contributed by atoms with van der Waals surface area (Å²) < 4.78 is 5.14. The fourth-order valence-corrected chi connectivity index (χ4v) is 1.08. The van der Waals surface area contributed by atoms with Gasteiger partial charge in [0.05, 0.1) is 12.6 Å². The first kappa shape index (κ1) is 9.26. The van der Waals surface area contributed by atoms with Gasteiger partial charge in [0.25, 0.3) is 0 Å². The first-order valence-electron chi connectivity index (χ1n) is 4.25. The third-order valence-electron chi connectivity index (χ3n) is 2.06.